The molecule has 2 spiro atoms. The third-order valence-electron chi connectivity index (χ3n) is 17.1. The van der Waals surface area contributed by atoms with Crippen LogP contribution in [0.5, 0.6) is 0 Å². The number of carbonyl (C=O) groups is 5. The number of unbranched alkanes of at least 4 members (excludes halogenated alkanes) is 8. The molecule has 1 aliphatic carbocycles. The number of nitrogens with zero attached hydrogens (tertiary/aromatic N) is 2. The normalized spacial score (nSPS) is 26.5. The van der Waals surface area contributed by atoms with E-state index in [1.54, 1.807) is 0 Å². The fourth-order valence-corrected chi connectivity index (χ4v) is 12.2. The van der Waals surface area contributed by atoms with Crippen molar-refractivity contribution in [1.29, 1.82) is 0 Å². The highest BCUT2D eigenvalue weighted by Crippen LogP contribution is 2.54. The van der Waals surface area contributed by atoms with E-state index in [2.05, 4.69) is 25.7 Å². The van der Waals surface area contributed by atoms with E-state index in [0.717, 1.165) is 64.1 Å². The Balaban J connectivity index is 1.37. The molecule has 4 aliphatic rings. The van der Waals surface area contributed by atoms with Gasteiger partial charge in [-0.25, -0.2) is 0 Å². The first kappa shape index (κ1) is 60.9. The number of piperidine rings is 1. The summed E-state index contributed by atoms with van der Waals surface area (Å²) in [6.45, 7) is 12.1. The molecule has 1 saturated carbocycles. The minimum Gasteiger partial charge on any atom is -0.465 e. The molecule has 1 amide bonds. The Morgan fingerprint density at radius 3 is 1.48 bits per heavy atom. The van der Waals surface area contributed by atoms with Gasteiger partial charge in [-0.05, 0) is 139 Å². The van der Waals surface area contributed by atoms with E-state index in [4.69, 9.17) is 18.9 Å². The van der Waals surface area contributed by atoms with Crippen LogP contribution < -0.4 is 0 Å². The van der Waals surface area contributed by atoms with Crippen molar-refractivity contribution in [3.8, 4) is 0 Å². The van der Waals surface area contributed by atoms with Crippen molar-refractivity contribution in [1.82, 2.24) is 9.80 Å². The maximum Gasteiger partial charge on any atom is 0.305 e. The molecule has 71 heavy (non-hydrogen) atoms. The van der Waals surface area contributed by atoms with Gasteiger partial charge in [-0.1, -0.05) is 130 Å². The molecule has 11 nitrogen and oxygen atoms in total. The van der Waals surface area contributed by atoms with Crippen molar-refractivity contribution in [2.24, 2.45) is 28.6 Å². The zero-order chi connectivity index (χ0) is 50.8. The molecule has 0 N–H and O–H groups in total. The molecule has 0 aromatic rings. The van der Waals surface area contributed by atoms with Crippen LogP contribution in [0.4, 0.5) is 0 Å². The number of hydrogen-bond acceptors (Lipinski definition) is 10. The van der Waals surface area contributed by atoms with Gasteiger partial charge in [-0.3, -0.25) is 24.0 Å². The van der Waals surface area contributed by atoms with Crippen molar-refractivity contribution < 1.29 is 42.9 Å². The van der Waals surface area contributed by atoms with Crippen LogP contribution in [0.3, 0.4) is 0 Å². The van der Waals surface area contributed by atoms with E-state index in [1.807, 2.05) is 4.90 Å². The van der Waals surface area contributed by atoms with Gasteiger partial charge >= 0.3 is 23.9 Å². The molecule has 3 aliphatic heterocycles. The fraction of sp³-hybridized carbons (Fsp3) is 0.917. The number of carbonyl (C=O) groups excluding carboxylic acids is 5. The number of ether oxygens (including phenoxy) is 4. The van der Waals surface area contributed by atoms with Crippen LogP contribution in [-0.4, -0.2) is 98.7 Å². The molecule has 3 saturated heterocycles. The Morgan fingerprint density at radius 2 is 0.944 bits per heavy atom. The Morgan fingerprint density at radius 1 is 0.465 bits per heavy atom. The maximum atomic E-state index is 13.3. The predicted molar refractivity (Wildman–Crippen MR) is 285 cm³/mol. The van der Waals surface area contributed by atoms with Crippen LogP contribution in [0.2, 0.25) is 0 Å². The second-order valence-electron chi connectivity index (χ2n) is 23.3. The highest BCUT2D eigenvalue weighted by atomic mass is 16.6. The third-order valence-corrected chi connectivity index (χ3v) is 17.1. The van der Waals surface area contributed by atoms with Gasteiger partial charge in [-0.15, -0.1) is 0 Å². The molecule has 0 bridgehead atoms. The summed E-state index contributed by atoms with van der Waals surface area (Å²) in [7, 11) is 0. The third kappa shape index (κ3) is 25.9. The molecule has 4 rings (SSSR count). The van der Waals surface area contributed by atoms with E-state index >= 15 is 0 Å². The van der Waals surface area contributed by atoms with E-state index < -0.39 is 5.41 Å². The highest BCUT2D eigenvalue weighted by molar-refractivity contribution is 5.76. The van der Waals surface area contributed by atoms with Gasteiger partial charge in [0.1, 0.15) is 13.2 Å². The lowest BCUT2D eigenvalue weighted by Crippen LogP contribution is -2.48. The molecule has 0 aromatic carbocycles. The van der Waals surface area contributed by atoms with E-state index in [1.165, 1.54) is 135 Å². The van der Waals surface area contributed by atoms with E-state index in [9.17, 15) is 24.0 Å². The number of amides is 1. The van der Waals surface area contributed by atoms with Crippen LogP contribution in [0.25, 0.3) is 0 Å². The molecule has 4 fully saturated rings. The molecule has 2 atom stereocenters. The van der Waals surface area contributed by atoms with Crippen molar-refractivity contribution in [3.05, 3.63) is 0 Å². The van der Waals surface area contributed by atoms with Gasteiger partial charge < -0.3 is 28.7 Å². The lowest BCUT2D eigenvalue weighted by atomic mass is 9.56. The Kier molecular flexibility index (Phi) is 31.1. The Labute approximate surface area is 433 Å². The van der Waals surface area contributed by atoms with Gasteiger partial charge in [0.25, 0.3) is 0 Å². The van der Waals surface area contributed by atoms with Crippen LogP contribution in [0.1, 0.15) is 265 Å². The SMILES string of the molecule is CCCCCCCCC1CCCC2(CCC(CCCCCC)COC(=O)CCCCCC(=O)OCC3(CCN(C(=O)CCN4CCCCCC4)CC3)COC(=O)CCCCCC(=O)OC1)CC(CCC)C2. The standard InChI is InChI=1S/C60H106N2O9/c1-4-7-9-11-12-18-27-51-29-25-36-59(45-53(46-59)26-6-3)37-34-52(28-17-10-8-5-2)48-69-56(65)31-20-16-22-33-58(67)71-50-60(49-70-57(66)32-21-15-19-30-55(64)68-47-51)38-43-62(44-39-60)54(63)35-42-61-40-23-13-14-24-41-61/h51-53H,4-50H2,1-3H3. The quantitative estimate of drug-likeness (QED) is 0.0789. The summed E-state index contributed by atoms with van der Waals surface area (Å²) in [5, 5.41) is 0. The molecular formula is C60H106N2O9. The molecule has 0 aromatic heterocycles. The minimum absolute atomic E-state index is 0.136. The van der Waals surface area contributed by atoms with Crippen LogP contribution in [0, 0.1) is 28.6 Å². The number of likely N-dealkylation sites (tertiary alicyclic amines) is 2. The smallest absolute Gasteiger partial charge is 0.305 e. The molecule has 0 radical (unpaired) electrons. The maximum absolute atomic E-state index is 13.3. The minimum atomic E-state index is -0.559. The Hall–Kier alpha value is -2.69. The van der Waals surface area contributed by atoms with Crippen LogP contribution in [0.15, 0.2) is 0 Å². The van der Waals surface area contributed by atoms with E-state index in [-0.39, 0.29) is 55.8 Å². The summed E-state index contributed by atoms with van der Waals surface area (Å²) in [4.78, 5) is 70.2. The Bertz CT molecular complexity index is 1460. The van der Waals surface area contributed by atoms with Crippen LogP contribution in [-0.2, 0) is 42.9 Å². The zero-order valence-corrected chi connectivity index (χ0v) is 46.0. The van der Waals surface area contributed by atoms with E-state index in [0.29, 0.717) is 101 Å². The lowest BCUT2D eigenvalue weighted by molar-refractivity contribution is -0.159. The van der Waals surface area contributed by atoms with Gasteiger partial charge in [0, 0.05) is 57.2 Å². The number of rotatable bonds is 17. The second-order valence-corrected chi connectivity index (χ2v) is 23.3. The predicted octanol–water partition coefficient (Wildman–Crippen LogP) is 14.0. The van der Waals surface area contributed by atoms with Gasteiger partial charge in [-0.2, -0.15) is 0 Å². The second kappa shape index (κ2) is 36.3. The van der Waals surface area contributed by atoms with Crippen molar-refractivity contribution in [2.75, 3.05) is 59.2 Å². The molecular weight excluding hydrogens is 893 g/mol. The summed E-state index contributed by atoms with van der Waals surface area (Å²) in [5.41, 5.74) is -0.193. The number of cyclic esters (lactones) is 4. The van der Waals surface area contributed by atoms with Crippen molar-refractivity contribution >= 4 is 29.8 Å². The summed E-state index contributed by atoms with van der Waals surface area (Å²) in [6, 6.07) is 0. The average molecular weight is 1000 g/mol. The summed E-state index contributed by atoms with van der Waals surface area (Å²) in [6.07, 6.45) is 37.5. The zero-order valence-electron chi connectivity index (χ0n) is 46.0. The molecule has 11 heteroatoms. The first-order valence-electron chi connectivity index (χ1n) is 30.2. The number of hydrogen-bond donors (Lipinski definition) is 0. The average Bonchev–Trinajstić information content (AvgIpc) is 3.64. The summed E-state index contributed by atoms with van der Waals surface area (Å²) in [5.74, 6) is 0.901. The topological polar surface area (TPSA) is 129 Å². The van der Waals surface area contributed by atoms with Crippen molar-refractivity contribution in [2.45, 2.75) is 265 Å². The lowest BCUT2D eigenvalue weighted by Gasteiger charge is -2.49. The fourth-order valence-electron chi connectivity index (χ4n) is 12.2. The monoisotopic (exact) mass is 999 g/mol. The van der Waals surface area contributed by atoms with Gasteiger partial charge in [0.05, 0.1) is 13.2 Å². The van der Waals surface area contributed by atoms with Gasteiger partial charge in [0.15, 0.2) is 0 Å². The highest BCUT2D eigenvalue weighted by Gasteiger charge is 2.43. The van der Waals surface area contributed by atoms with Crippen molar-refractivity contribution in [3.63, 3.8) is 0 Å². The largest absolute Gasteiger partial charge is 0.465 e. The van der Waals surface area contributed by atoms with Crippen LogP contribution >= 0.6 is 0 Å². The first-order valence-corrected chi connectivity index (χ1v) is 30.2. The molecule has 410 valence electrons. The molecule has 2 unspecified atom stereocenters. The first-order chi connectivity index (χ1) is 34.6. The summed E-state index contributed by atoms with van der Waals surface area (Å²) >= 11 is 0. The number of esters is 4. The molecule has 3 heterocycles. The van der Waals surface area contributed by atoms with Gasteiger partial charge in [0.2, 0.25) is 5.91 Å². The summed E-state index contributed by atoms with van der Waals surface area (Å²) < 4.78 is 23.8.